The summed E-state index contributed by atoms with van der Waals surface area (Å²) >= 11 is 0. The molecule has 0 saturated carbocycles. The number of amides is 3. The summed E-state index contributed by atoms with van der Waals surface area (Å²) in [6.45, 7) is 19.1. The zero-order valence-electron chi connectivity index (χ0n) is 27.9. The van der Waals surface area contributed by atoms with Crippen LogP contribution in [-0.4, -0.2) is 88.8 Å². The molecule has 3 saturated heterocycles. The van der Waals surface area contributed by atoms with Gasteiger partial charge in [-0.2, -0.15) is 0 Å². The van der Waals surface area contributed by atoms with E-state index in [0.717, 1.165) is 19.3 Å². The number of carbonyl (C=O) groups excluding carboxylic acids is 3. The SMILES string of the molecule is C=CCN(CCCCC)C(=O)C1N([C@@H](CO)[C@@H](C)CC)C(=O)[C@@H]2[C@@H](C(=O)N(CC=C)c3ccc(OCC)cc3)[C@@]3(C)CCC12O3. The lowest BCUT2D eigenvalue weighted by Crippen LogP contribution is -2.60. The Hall–Kier alpha value is -3.17. The van der Waals surface area contributed by atoms with Gasteiger partial charge in [0.05, 0.1) is 36.7 Å². The van der Waals surface area contributed by atoms with Gasteiger partial charge in [-0.1, -0.05) is 52.2 Å². The number of nitrogens with zero attached hydrogens (tertiary/aromatic N) is 3. The van der Waals surface area contributed by atoms with Crippen LogP contribution in [0.3, 0.4) is 0 Å². The van der Waals surface area contributed by atoms with E-state index in [1.165, 1.54) is 0 Å². The van der Waals surface area contributed by atoms with Crippen LogP contribution in [0.2, 0.25) is 0 Å². The summed E-state index contributed by atoms with van der Waals surface area (Å²) in [6.07, 6.45) is 7.94. The van der Waals surface area contributed by atoms with Crippen LogP contribution in [0.1, 0.15) is 73.1 Å². The van der Waals surface area contributed by atoms with Gasteiger partial charge in [0.25, 0.3) is 0 Å². The largest absolute Gasteiger partial charge is 0.494 e. The van der Waals surface area contributed by atoms with Gasteiger partial charge in [0.1, 0.15) is 17.4 Å². The Morgan fingerprint density at radius 2 is 1.80 bits per heavy atom. The molecule has 0 aromatic heterocycles. The topological polar surface area (TPSA) is 99.6 Å². The van der Waals surface area contributed by atoms with Crippen LogP contribution in [0.4, 0.5) is 5.69 Å². The number of hydrogen-bond donors (Lipinski definition) is 1. The number of unbranched alkanes of at least 4 members (excludes halogenated alkanes) is 2. The molecule has 1 spiro atoms. The van der Waals surface area contributed by atoms with Crippen molar-refractivity contribution in [3.05, 3.63) is 49.6 Å². The number of carbonyl (C=O) groups is 3. The Bertz CT molecular complexity index is 1240. The van der Waals surface area contributed by atoms with E-state index in [4.69, 9.17) is 9.47 Å². The third-order valence-electron chi connectivity index (χ3n) is 10.3. The van der Waals surface area contributed by atoms with Crippen LogP contribution in [0.15, 0.2) is 49.6 Å². The molecule has 3 fully saturated rings. The molecule has 3 amide bonds. The van der Waals surface area contributed by atoms with Crippen LogP contribution in [0, 0.1) is 17.8 Å². The van der Waals surface area contributed by atoms with Crippen LogP contribution < -0.4 is 9.64 Å². The van der Waals surface area contributed by atoms with Crippen LogP contribution in [0.25, 0.3) is 0 Å². The number of ether oxygens (including phenoxy) is 2. The van der Waals surface area contributed by atoms with Crippen molar-refractivity contribution in [1.82, 2.24) is 9.80 Å². The fraction of sp³-hybridized carbons (Fsp3) is 0.639. The lowest BCUT2D eigenvalue weighted by Gasteiger charge is -2.41. The molecule has 2 bridgehead atoms. The average molecular weight is 624 g/mol. The van der Waals surface area contributed by atoms with E-state index in [-0.39, 0.29) is 36.8 Å². The number of likely N-dealkylation sites (tertiary alicyclic amines) is 1. The summed E-state index contributed by atoms with van der Waals surface area (Å²) in [5.41, 5.74) is -1.43. The number of fused-ring (bicyclic) bond motifs is 1. The van der Waals surface area contributed by atoms with Gasteiger partial charge in [0.2, 0.25) is 17.7 Å². The van der Waals surface area contributed by atoms with Gasteiger partial charge >= 0.3 is 0 Å². The third kappa shape index (κ3) is 6.18. The van der Waals surface area contributed by atoms with Crippen molar-refractivity contribution in [2.45, 2.75) is 96.4 Å². The standard InChI is InChI=1S/C36H53N3O6/c1-8-13-14-23-37(21-9-2)34(43)31-36-20-19-35(7,45-36)29(30(36)33(42)39(31)28(24-40)25(6)11-4)32(41)38(22-10-3)26-15-17-27(18-16-26)44-12-5/h9-10,15-18,25,28-31,40H,2-3,8,11-14,19-24H2,1,4-7H3/t25-,28-,29-,30-,31?,35+,36?/m0/s1. The summed E-state index contributed by atoms with van der Waals surface area (Å²) in [6, 6.07) is 5.79. The van der Waals surface area contributed by atoms with Crippen molar-refractivity contribution in [2.24, 2.45) is 17.8 Å². The first-order valence-corrected chi connectivity index (χ1v) is 16.8. The van der Waals surface area contributed by atoms with Crippen LogP contribution in [-0.2, 0) is 19.1 Å². The molecule has 4 rings (SSSR count). The summed E-state index contributed by atoms with van der Waals surface area (Å²) in [5, 5.41) is 10.7. The Morgan fingerprint density at radius 3 is 2.38 bits per heavy atom. The zero-order valence-corrected chi connectivity index (χ0v) is 27.9. The van der Waals surface area contributed by atoms with Crippen LogP contribution >= 0.6 is 0 Å². The van der Waals surface area contributed by atoms with E-state index >= 15 is 0 Å². The number of anilines is 1. The quantitative estimate of drug-likeness (QED) is 0.194. The first-order chi connectivity index (χ1) is 21.6. The Morgan fingerprint density at radius 1 is 1.11 bits per heavy atom. The van der Waals surface area contributed by atoms with Gasteiger partial charge in [0, 0.05) is 25.3 Å². The van der Waals surface area contributed by atoms with E-state index in [0.29, 0.717) is 50.4 Å². The monoisotopic (exact) mass is 623 g/mol. The van der Waals surface area contributed by atoms with Crippen molar-refractivity contribution in [3.8, 4) is 5.75 Å². The molecule has 1 N–H and O–H groups in total. The minimum absolute atomic E-state index is 0.0690. The Balaban J connectivity index is 1.80. The molecule has 248 valence electrons. The average Bonchev–Trinajstić information content (AvgIpc) is 3.60. The van der Waals surface area contributed by atoms with E-state index in [1.807, 2.05) is 52.0 Å². The van der Waals surface area contributed by atoms with E-state index < -0.39 is 35.1 Å². The highest BCUT2D eigenvalue weighted by atomic mass is 16.5. The molecular weight excluding hydrogens is 570 g/mol. The second kappa shape index (κ2) is 14.5. The number of rotatable bonds is 17. The molecule has 1 aromatic rings. The maximum atomic E-state index is 14.8. The summed E-state index contributed by atoms with van der Waals surface area (Å²) < 4.78 is 12.5. The van der Waals surface area contributed by atoms with Crippen molar-refractivity contribution in [1.29, 1.82) is 0 Å². The van der Waals surface area contributed by atoms with Crippen molar-refractivity contribution < 1.29 is 29.0 Å². The fourth-order valence-electron chi connectivity index (χ4n) is 7.87. The molecule has 7 atom stereocenters. The Kier molecular flexibility index (Phi) is 11.2. The number of hydrogen-bond acceptors (Lipinski definition) is 6. The highest BCUT2D eigenvalue weighted by Gasteiger charge is 2.79. The fourth-order valence-corrected chi connectivity index (χ4v) is 7.87. The highest BCUT2D eigenvalue weighted by molar-refractivity contribution is 6.03. The summed E-state index contributed by atoms with van der Waals surface area (Å²) in [7, 11) is 0. The molecule has 0 radical (unpaired) electrons. The van der Waals surface area contributed by atoms with Crippen molar-refractivity contribution in [2.75, 3.05) is 37.7 Å². The second-order valence-corrected chi connectivity index (χ2v) is 13.1. The van der Waals surface area contributed by atoms with E-state index in [1.54, 1.807) is 26.9 Å². The normalized spacial score (nSPS) is 28.0. The molecule has 9 nitrogen and oxygen atoms in total. The molecule has 3 aliphatic rings. The van der Waals surface area contributed by atoms with Gasteiger partial charge in [-0.05, 0) is 63.3 Å². The first kappa shape index (κ1) is 34.7. The molecule has 0 aliphatic carbocycles. The number of aliphatic hydroxyl groups is 1. The van der Waals surface area contributed by atoms with Crippen molar-refractivity contribution in [3.63, 3.8) is 0 Å². The van der Waals surface area contributed by atoms with Gasteiger partial charge in [-0.3, -0.25) is 14.4 Å². The third-order valence-corrected chi connectivity index (χ3v) is 10.3. The highest BCUT2D eigenvalue weighted by Crippen LogP contribution is 2.64. The van der Waals surface area contributed by atoms with Gasteiger partial charge in [-0.25, -0.2) is 0 Å². The van der Waals surface area contributed by atoms with Gasteiger partial charge in [-0.15, -0.1) is 13.2 Å². The van der Waals surface area contributed by atoms with Gasteiger partial charge in [0.15, 0.2) is 0 Å². The van der Waals surface area contributed by atoms with Crippen LogP contribution in [0.5, 0.6) is 5.75 Å². The smallest absolute Gasteiger partial charge is 0.248 e. The van der Waals surface area contributed by atoms with Gasteiger partial charge < -0.3 is 29.3 Å². The molecule has 3 aliphatic heterocycles. The molecule has 1 aromatic carbocycles. The zero-order chi connectivity index (χ0) is 32.9. The van der Waals surface area contributed by atoms with E-state index in [9.17, 15) is 19.5 Å². The Labute approximate surface area is 269 Å². The lowest BCUT2D eigenvalue weighted by atomic mass is 9.66. The van der Waals surface area contributed by atoms with E-state index in [2.05, 4.69) is 20.1 Å². The molecular formula is C36H53N3O6. The molecule has 9 heteroatoms. The molecule has 2 unspecified atom stereocenters. The lowest BCUT2D eigenvalue weighted by molar-refractivity contribution is -0.156. The summed E-state index contributed by atoms with van der Waals surface area (Å²) in [5.74, 6) is -1.75. The minimum atomic E-state index is -1.17. The maximum Gasteiger partial charge on any atom is 0.248 e. The minimum Gasteiger partial charge on any atom is -0.494 e. The predicted octanol–water partition coefficient (Wildman–Crippen LogP) is 4.98. The first-order valence-electron chi connectivity index (χ1n) is 16.8. The van der Waals surface area contributed by atoms with Crippen molar-refractivity contribution >= 4 is 23.4 Å². The predicted molar refractivity (Wildman–Crippen MR) is 176 cm³/mol. The molecule has 3 heterocycles. The maximum absolute atomic E-state index is 14.8. The molecule has 45 heavy (non-hydrogen) atoms. The second-order valence-electron chi connectivity index (χ2n) is 13.1. The number of aliphatic hydroxyl groups excluding tert-OH is 1. The summed E-state index contributed by atoms with van der Waals surface area (Å²) in [4.78, 5) is 49.2. The number of benzene rings is 1.